The summed E-state index contributed by atoms with van der Waals surface area (Å²) in [5.74, 6) is -2.47. The highest BCUT2D eigenvalue weighted by Gasteiger charge is 2.61. The maximum Gasteiger partial charge on any atom is 0.490 e. The van der Waals surface area contributed by atoms with Crippen LogP contribution in [0.3, 0.4) is 0 Å². The van der Waals surface area contributed by atoms with Crippen LogP contribution in [-0.2, 0) is 16.1 Å². The second-order valence-electron chi connectivity index (χ2n) is 9.21. The molecule has 1 aliphatic heterocycles. The van der Waals surface area contributed by atoms with E-state index < -0.39 is 12.1 Å². The molecular formula is C25H28F3N3O4. The van der Waals surface area contributed by atoms with Crippen LogP contribution in [0.15, 0.2) is 42.6 Å². The predicted octanol–water partition coefficient (Wildman–Crippen LogP) is 3.84. The molecule has 1 saturated carbocycles. The number of halogens is 3. The van der Waals surface area contributed by atoms with E-state index in [0.717, 1.165) is 36.2 Å². The summed E-state index contributed by atoms with van der Waals surface area (Å²) >= 11 is 0. The van der Waals surface area contributed by atoms with E-state index in [2.05, 4.69) is 11.9 Å². The number of aryl methyl sites for hydroxylation is 2. The van der Waals surface area contributed by atoms with Gasteiger partial charge >= 0.3 is 12.1 Å². The smallest absolute Gasteiger partial charge is 0.475 e. The molecule has 1 spiro atoms. The Kier molecular flexibility index (Phi) is 7.52. The molecule has 4 rings (SSSR count). The molecule has 2 fully saturated rings. The van der Waals surface area contributed by atoms with Crippen LogP contribution in [0.4, 0.5) is 13.2 Å². The van der Waals surface area contributed by atoms with E-state index in [1.807, 2.05) is 55.3 Å². The number of hydrogen-bond donors (Lipinski definition) is 1. The summed E-state index contributed by atoms with van der Waals surface area (Å²) in [6.45, 7) is 6.03. The van der Waals surface area contributed by atoms with Gasteiger partial charge in [0, 0.05) is 43.2 Å². The molecule has 2 unspecified atom stereocenters. The monoisotopic (exact) mass is 491 g/mol. The zero-order valence-electron chi connectivity index (χ0n) is 19.8. The molecule has 2 aromatic rings. The maximum atomic E-state index is 12.9. The zero-order chi connectivity index (χ0) is 26.0. The Hall–Kier alpha value is -3.43. The van der Waals surface area contributed by atoms with E-state index in [0.29, 0.717) is 13.1 Å². The number of aromatic nitrogens is 1. The SMILES string of the molecule is Cc1ccc(C(=O)N2CCC3(CC3C(=O)N(C)Cc3ccccn3)C2)cc1C.O=C(O)C(F)(F)F. The van der Waals surface area contributed by atoms with Gasteiger partial charge in [0.05, 0.1) is 12.2 Å². The van der Waals surface area contributed by atoms with E-state index in [-0.39, 0.29) is 23.1 Å². The second kappa shape index (κ2) is 10.1. The van der Waals surface area contributed by atoms with Gasteiger partial charge in [-0.05, 0) is 62.1 Å². The number of benzene rings is 1. The van der Waals surface area contributed by atoms with Crippen LogP contribution in [0, 0.1) is 25.2 Å². The Morgan fingerprint density at radius 1 is 1.17 bits per heavy atom. The van der Waals surface area contributed by atoms with Crippen molar-refractivity contribution in [2.75, 3.05) is 20.1 Å². The van der Waals surface area contributed by atoms with Gasteiger partial charge < -0.3 is 14.9 Å². The Labute approximate surface area is 201 Å². The normalized spacial score (nSPS) is 20.7. The molecule has 35 heavy (non-hydrogen) atoms. The van der Waals surface area contributed by atoms with Crippen molar-refractivity contribution in [1.82, 2.24) is 14.8 Å². The molecule has 1 aromatic heterocycles. The first-order valence-electron chi connectivity index (χ1n) is 11.2. The number of nitrogens with zero attached hydrogens (tertiary/aromatic N) is 3. The van der Waals surface area contributed by atoms with E-state index >= 15 is 0 Å². The van der Waals surface area contributed by atoms with Gasteiger partial charge in [0.25, 0.3) is 5.91 Å². The highest BCUT2D eigenvalue weighted by molar-refractivity contribution is 5.95. The summed E-state index contributed by atoms with van der Waals surface area (Å²) in [6.07, 6.45) is -1.54. The molecule has 1 N–H and O–H groups in total. The lowest BCUT2D eigenvalue weighted by Gasteiger charge is -2.20. The molecule has 188 valence electrons. The maximum absolute atomic E-state index is 12.9. The van der Waals surface area contributed by atoms with Crippen LogP contribution in [0.2, 0.25) is 0 Å². The largest absolute Gasteiger partial charge is 0.490 e. The van der Waals surface area contributed by atoms with Gasteiger partial charge in [0.2, 0.25) is 5.91 Å². The highest BCUT2D eigenvalue weighted by atomic mass is 19.4. The van der Waals surface area contributed by atoms with Gasteiger partial charge in [-0.25, -0.2) is 4.79 Å². The fourth-order valence-electron chi connectivity index (χ4n) is 4.35. The van der Waals surface area contributed by atoms with Crippen LogP contribution in [0.25, 0.3) is 0 Å². The highest BCUT2D eigenvalue weighted by Crippen LogP contribution is 2.59. The average Bonchev–Trinajstić information content (AvgIpc) is 3.33. The molecular weight excluding hydrogens is 463 g/mol. The summed E-state index contributed by atoms with van der Waals surface area (Å²) in [5, 5.41) is 7.12. The zero-order valence-corrected chi connectivity index (χ0v) is 19.8. The molecule has 2 atom stereocenters. The number of alkyl halides is 3. The number of carboxylic acid groups (broad SMARTS) is 1. The van der Waals surface area contributed by atoms with Gasteiger partial charge in [-0.3, -0.25) is 14.6 Å². The summed E-state index contributed by atoms with van der Waals surface area (Å²) in [6, 6.07) is 11.6. The molecule has 1 saturated heterocycles. The van der Waals surface area contributed by atoms with Gasteiger partial charge in [-0.2, -0.15) is 13.2 Å². The number of carbonyl (C=O) groups excluding carboxylic acids is 2. The van der Waals surface area contributed by atoms with Crippen LogP contribution >= 0.6 is 0 Å². The number of pyridine rings is 1. The van der Waals surface area contributed by atoms with E-state index in [4.69, 9.17) is 9.90 Å². The molecule has 2 heterocycles. The van der Waals surface area contributed by atoms with Crippen molar-refractivity contribution in [2.24, 2.45) is 11.3 Å². The minimum Gasteiger partial charge on any atom is -0.475 e. The summed E-state index contributed by atoms with van der Waals surface area (Å²) < 4.78 is 31.7. The van der Waals surface area contributed by atoms with E-state index in [1.165, 1.54) is 5.56 Å². The lowest BCUT2D eigenvalue weighted by atomic mass is 10.0. The van der Waals surface area contributed by atoms with Gasteiger partial charge in [0.15, 0.2) is 0 Å². The average molecular weight is 492 g/mol. The van der Waals surface area contributed by atoms with Crippen molar-refractivity contribution >= 4 is 17.8 Å². The topological polar surface area (TPSA) is 90.8 Å². The molecule has 1 aromatic carbocycles. The van der Waals surface area contributed by atoms with Crippen LogP contribution in [-0.4, -0.2) is 64.0 Å². The third-order valence-electron chi connectivity index (χ3n) is 6.66. The minimum absolute atomic E-state index is 0.0230. The Bertz CT molecular complexity index is 1110. The quantitative estimate of drug-likeness (QED) is 0.702. The molecule has 1 aliphatic carbocycles. The van der Waals surface area contributed by atoms with Crippen molar-refractivity contribution < 1.29 is 32.7 Å². The number of carbonyl (C=O) groups is 3. The van der Waals surface area contributed by atoms with Gasteiger partial charge in [-0.15, -0.1) is 0 Å². The van der Waals surface area contributed by atoms with Crippen LogP contribution < -0.4 is 0 Å². The third kappa shape index (κ3) is 6.17. The summed E-state index contributed by atoms with van der Waals surface area (Å²) in [5.41, 5.74) is 3.95. The summed E-state index contributed by atoms with van der Waals surface area (Å²) in [7, 11) is 1.84. The number of carboxylic acids is 1. The number of hydrogen-bond acceptors (Lipinski definition) is 4. The molecule has 2 aliphatic rings. The minimum atomic E-state index is -5.08. The number of aliphatic carboxylic acids is 1. The van der Waals surface area contributed by atoms with Gasteiger partial charge in [0.1, 0.15) is 0 Å². The molecule has 10 heteroatoms. The number of amides is 2. The number of likely N-dealkylation sites (tertiary alicyclic amines) is 1. The first-order chi connectivity index (χ1) is 16.3. The van der Waals surface area contributed by atoms with Crippen molar-refractivity contribution in [3.05, 3.63) is 65.0 Å². The Morgan fingerprint density at radius 3 is 2.43 bits per heavy atom. The van der Waals surface area contributed by atoms with Gasteiger partial charge in [-0.1, -0.05) is 12.1 Å². The summed E-state index contributed by atoms with van der Waals surface area (Å²) in [4.78, 5) is 42.7. The first kappa shape index (κ1) is 26.2. The molecule has 0 radical (unpaired) electrons. The van der Waals surface area contributed by atoms with Crippen molar-refractivity contribution in [3.8, 4) is 0 Å². The third-order valence-corrected chi connectivity index (χ3v) is 6.66. The molecule has 2 amide bonds. The Morgan fingerprint density at radius 2 is 1.86 bits per heavy atom. The fraction of sp³-hybridized carbons (Fsp3) is 0.440. The second-order valence-corrected chi connectivity index (χ2v) is 9.21. The van der Waals surface area contributed by atoms with Crippen LogP contribution in [0.5, 0.6) is 0 Å². The van der Waals surface area contributed by atoms with Crippen LogP contribution in [0.1, 0.15) is 40.0 Å². The fourth-order valence-corrected chi connectivity index (χ4v) is 4.35. The lowest BCUT2D eigenvalue weighted by Crippen LogP contribution is -2.32. The van der Waals surface area contributed by atoms with E-state index in [9.17, 15) is 22.8 Å². The standard InChI is InChI=1S/C23H27N3O2.C2HF3O2/c1-16-7-8-18(12-17(16)2)21(27)26-11-9-23(15-26)13-20(23)22(28)25(3)14-19-6-4-5-10-24-19;3-2(4,5)1(6)7/h4-8,10,12,20H,9,11,13-15H2,1-3H3;(H,6,7). The molecule has 0 bridgehead atoms. The molecule has 7 nitrogen and oxygen atoms in total. The van der Waals surface area contributed by atoms with E-state index in [1.54, 1.807) is 11.1 Å². The Balaban J connectivity index is 0.000000429. The number of rotatable bonds is 4. The lowest BCUT2D eigenvalue weighted by molar-refractivity contribution is -0.192. The first-order valence-corrected chi connectivity index (χ1v) is 11.2. The van der Waals surface area contributed by atoms with Crippen molar-refractivity contribution in [2.45, 2.75) is 39.4 Å². The van der Waals surface area contributed by atoms with Crippen molar-refractivity contribution in [3.63, 3.8) is 0 Å². The van der Waals surface area contributed by atoms with Crippen molar-refractivity contribution in [1.29, 1.82) is 0 Å². The predicted molar refractivity (Wildman–Crippen MR) is 121 cm³/mol.